The number of aromatic carboxylic acids is 1. The van der Waals surface area contributed by atoms with Gasteiger partial charge in [0.2, 0.25) is 0 Å². The predicted octanol–water partition coefficient (Wildman–Crippen LogP) is 3.89. The van der Waals surface area contributed by atoms with Crippen molar-refractivity contribution < 1.29 is 32.7 Å². The molecule has 0 aliphatic carbocycles. The van der Waals surface area contributed by atoms with Gasteiger partial charge in [0.1, 0.15) is 6.61 Å². The van der Waals surface area contributed by atoms with E-state index in [0.717, 1.165) is 30.3 Å². The van der Waals surface area contributed by atoms with E-state index in [1.54, 1.807) is 0 Å². The Hall–Kier alpha value is -3.10. The maximum atomic E-state index is 12.6. The summed E-state index contributed by atoms with van der Waals surface area (Å²) in [5, 5.41) is 19.8. The maximum Gasteiger partial charge on any atom is 0.416 e. The van der Waals surface area contributed by atoms with Crippen molar-refractivity contribution in [2.75, 3.05) is 0 Å². The Morgan fingerprint density at radius 2 is 1.92 bits per heavy atom. The fourth-order valence-electron chi connectivity index (χ4n) is 1.91. The number of carboxylic acids is 1. The molecule has 126 valence electrons. The lowest BCUT2D eigenvalue weighted by atomic mass is 10.1. The van der Waals surface area contributed by atoms with Crippen LogP contribution in [-0.4, -0.2) is 16.0 Å². The topological polar surface area (TPSA) is 89.7 Å². The lowest BCUT2D eigenvalue weighted by molar-refractivity contribution is -0.386. The van der Waals surface area contributed by atoms with Crippen LogP contribution in [0.4, 0.5) is 18.9 Å². The lowest BCUT2D eigenvalue weighted by Gasteiger charge is -2.10. The highest BCUT2D eigenvalue weighted by atomic mass is 19.4. The van der Waals surface area contributed by atoms with Gasteiger partial charge < -0.3 is 9.84 Å². The SMILES string of the molecule is O=C(O)c1ccc(OCc2cccc(C(F)(F)F)c2)c([N+](=O)[O-])c1. The van der Waals surface area contributed by atoms with E-state index in [2.05, 4.69) is 0 Å². The molecular weight excluding hydrogens is 331 g/mol. The lowest BCUT2D eigenvalue weighted by Crippen LogP contribution is -2.06. The summed E-state index contributed by atoms with van der Waals surface area (Å²) in [7, 11) is 0. The van der Waals surface area contributed by atoms with Gasteiger partial charge in [0.25, 0.3) is 0 Å². The number of carbonyl (C=O) groups is 1. The fraction of sp³-hybridized carbons (Fsp3) is 0.133. The minimum Gasteiger partial charge on any atom is -0.482 e. The molecule has 2 aromatic rings. The summed E-state index contributed by atoms with van der Waals surface area (Å²) in [4.78, 5) is 21.0. The van der Waals surface area contributed by atoms with Gasteiger partial charge in [-0.05, 0) is 29.8 Å². The number of ether oxygens (including phenoxy) is 1. The Labute approximate surface area is 133 Å². The molecule has 0 amide bonds. The molecule has 9 heteroatoms. The third-order valence-corrected chi connectivity index (χ3v) is 3.05. The minimum absolute atomic E-state index is 0.168. The van der Waals surface area contributed by atoms with E-state index in [1.807, 2.05) is 0 Å². The van der Waals surface area contributed by atoms with Crippen LogP contribution in [0.5, 0.6) is 5.75 Å². The van der Waals surface area contributed by atoms with Gasteiger partial charge in [-0.1, -0.05) is 12.1 Å². The summed E-state index contributed by atoms with van der Waals surface area (Å²) in [6, 6.07) is 7.37. The van der Waals surface area contributed by atoms with E-state index < -0.39 is 28.3 Å². The molecule has 2 rings (SSSR count). The van der Waals surface area contributed by atoms with Crippen molar-refractivity contribution in [1.29, 1.82) is 0 Å². The molecule has 0 heterocycles. The molecule has 24 heavy (non-hydrogen) atoms. The van der Waals surface area contributed by atoms with E-state index in [9.17, 15) is 28.1 Å². The van der Waals surface area contributed by atoms with Crippen LogP contribution in [-0.2, 0) is 12.8 Å². The first-order valence-electron chi connectivity index (χ1n) is 6.49. The highest BCUT2D eigenvalue weighted by molar-refractivity contribution is 5.88. The number of hydrogen-bond donors (Lipinski definition) is 1. The molecule has 0 fully saturated rings. The number of nitro groups is 1. The van der Waals surface area contributed by atoms with Crippen molar-refractivity contribution in [3.05, 3.63) is 69.3 Å². The Balaban J connectivity index is 2.23. The minimum atomic E-state index is -4.51. The molecule has 0 bridgehead atoms. The molecule has 1 N–H and O–H groups in total. The first kappa shape index (κ1) is 17.3. The van der Waals surface area contributed by atoms with E-state index in [4.69, 9.17) is 9.84 Å². The van der Waals surface area contributed by atoms with Gasteiger partial charge in [-0.15, -0.1) is 0 Å². The highest BCUT2D eigenvalue weighted by Gasteiger charge is 2.30. The number of nitrogens with zero attached hydrogens (tertiary/aromatic N) is 1. The number of benzene rings is 2. The number of halogens is 3. The number of alkyl halides is 3. The summed E-state index contributed by atoms with van der Waals surface area (Å²) in [6.45, 7) is -0.336. The van der Waals surface area contributed by atoms with Gasteiger partial charge in [-0.25, -0.2) is 4.79 Å². The van der Waals surface area contributed by atoms with Crippen molar-refractivity contribution in [2.24, 2.45) is 0 Å². The molecule has 2 aromatic carbocycles. The first-order valence-corrected chi connectivity index (χ1v) is 6.49. The van der Waals surface area contributed by atoms with Crippen LogP contribution in [0.15, 0.2) is 42.5 Å². The molecule has 0 saturated heterocycles. The number of carboxylic acid groups (broad SMARTS) is 1. The van der Waals surface area contributed by atoms with Crippen LogP contribution >= 0.6 is 0 Å². The average Bonchev–Trinajstić information content (AvgIpc) is 2.52. The fourth-order valence-corrected chi connectivity index (χ4v) is 1.91. The Kier molecular flexibility index (Phi) is 4.72. The smallest absolute Gasteiger partial charge is 0.416 e. The second-order valence-corrected chi connectivity index (χ2v) is 4.73. The number of nitro benzene ring substituents is 1. The van der Waals surface area contributed by atoms with Crippen LogP contribution in [0.1, 0.15) is 21.5 Å². The summed E-state index contributed by atoms with van der Waals surface area (Å²) in [5.41, 5.74) is -1.57. The maximum absolute atomic E-state index is 12.6. The van der Waals surface area contributed by atoms with Crippen molar-refractivity contribution in [2.45, 2.75) is 12.8 Å². The zero-order valence-electron chi connectivity index (χ0n) is 11.9. The van der Waals surface area contributed by atoms with Crippen LogP contribution in [0.3, 0.4) is 0 Å². The summed E-state index contributed by atoms with van der Waals surface area (Å²) >= 11 is 0. The second kappa shape index (κ2) is 6.57. The molecule has 0 aliphatic heterocycles. The Morgan fingerprint density at radius 1 is 1.21 bits per heavy atom. The molecule has 0 aliphatic rings. The second-order valence-electron chi connectivity index (χ2n) is 4.73. The number of hydrogen-bond acceptors (Lipinski definition) is 4. The summed E-state index contributed by atoms with van der Waals surface area (Å²) < 4.78 is 43.1. The van der Waals surface area contributed by atoms with Gasteiger partial charge in [0.15, 0.2) is 5.75 Å². The average molecular weight is 341 g/mol. The van der Waals surface area contributed by atoms with E-state index in [-0.39, 0.29) is 23.5 Å². The van der Waals surface area contributed by atoms with E-state index >= 15 is 0 Å². The van der Waals surface area contributed by atoms with Crippen molar-refractivity contribution in [1.82, 2.24) is 0 Å². The molecule has 0 saturated carbocycles. The number of rotatable bonds is 5. The molecular formula is C15H10F3NO5. The van der Waals surface area contributed by atoms with Gasteiger partial charge in [0, 0.05) is 6.07 Å². The quantitative estimate of drug-likeness (QED) is 0.658. The molecule has 6 nitrogen and oxygen atoms in total. The van der Waals surface area contributed by atoms with Gasteiger partial charge in [-0.2, -0.15) is 13.2 Å². The zero-order chi connectivity index (χ0) is 17.9. The molecule has 0 unspecified atom stereocenters. The zero-order valence-corrected chi connectivity index (χ0v) is 11.9. The monoisotopic (exact) mass is 341 g/mol. The van der Waals surface area contributed by atoms with Crippen LogP contribution in [0, 0.1) is 10.1 Å². The van der Waals surface area contributed by atoms with Gasteiger partial charge in [0.05, 0.1) is 16.1 Å². The van der Waals surface area contributed by atoms with E-state index in [1.165, 1.54) is 12.1 Å². The standard InChI is InChI=1S/C15H10F3NO5/c16-15(17,18)11-3-1-2-9(6-11)8-24-13-5-4-10(14(20)21)7-12(13)19(22)23/h1-7H,8H2,(H,20,21). The third kappa shape index (κ3) is 4.00. The van der Waals surface area contributed by atoms with Crippen LogP contribution in [0.2, 0.25) is 0 Å². The van der Waals surface area contributed by atoms with Crippen LogP contribution < -0.4 is 4.74 Å². The highest BCUT2D eigenvalue weighted by Crippen LogP contribution is 2.31. The largest absolute Gasteiger partial charge is 0.482 e. The Bertz CT molecular complexity index is 789. The molecule has 0 spiro atoms. The molecule has 0 radical (unpaired) electrons. The van der Waals surface area contributed by atoms with E-state index in [0.29, 0.717) is 0 Å². The van der Waals surface area contributed by atoms with Crippen LogP contribution in [0.25, 0.3) is 0 Å². The predicted molar refractivity (Wildman–Crippen MR) is 75.8 cm³/mol. The van der Waals surface area contributed by atoms with Gasteiger partial charge >= 0.3 is 17.8 Å². The summed E-state index contributed by atoms with van der Waals surface area (Å²) in [6.07, 6.45) is -4.51. The van der Waals surface area contributed by atoms with Crippen molar-refractivity contribution in [3.63, 3.8) is 0 Å². The molecule has 0 atom stereocenters. The van der Waals surface area contributed by atoms with Crippen molar-refractivity contribution in [3.8, 4) is 5.75 Å². The van der Waals surface area contributed by atoms with Gasteiger partial charge in [-0.3, -0.25) is 10.1 Å². The molecule has 0 aromatic heterocycles. The third-order valence-electron chi connectivity index (χ3n) is 3.05. The van der Waals surface area contributed by atoms with Crippen molar-refractivity contribution >= 4 is 11.7 Å². The summed E-state index contributed by atoms with van der Waals surface area (Å²) in [5.74, 6) is -1.58. The normalized spacial score (nSPS) is 11.1. The Morgan fingerprint density at radius 3 is 2.50 bits per heavy atom. The first-order chi connectivity index (χ1) is 11.2.